The monoisotopic (exact) mass is 378 g/mol. The third-order valence-corrected chi connectivity index (χ3v) is 3.85. The SMILES string of the molecule is CCOc1ccccc1Nc1cc(C(=O)Nc2cccc(OC)c2)nc(C)n1. The number of hydrogen-bond donors (Lipinski definition) is 2. The third-order valence-electron chi connectivity index (χ3n) is 3.85. The number of aryl methyl sites for hydroxylation is 1. The largest absolute Gasteiger partial charge is 0.497 e. The molecule has 0 bridgehead atoms. The lowest BCUT2D eigenvalue weighted by Gasteiger charge is -2.13. The number of anilines is 3. The van der Waals surface area contributed by atoms with Crippen LogP contribution in [0.2, 0.25) is 0 Å². The van der Waals surface area contributed by atoms with Crippen LogP contribution in [-0.2, 0) is 0 Å². The van der Waals surface area contributed by atoms with Gasteiger partial charge in [0.1, 0.15) is 28.8 Å². The van der Waals surface area contributed by atoms with Crippen molar-refractivity contribution in [2.75, 3.05) is 24.4 Å². The minimum atomic E-state index is -0.333. The molecule has 0 aliphatic carbocycles. The first-order chi connectivity index (χ1) is 13.6. The first-order valence-corrected chi connectivity index (χ1v) is 8.89. The summed E-state index contributed by atoms with van der Waals surface area (Å²) in [5.41, 5.74) is 1.64. The molecule has 3 rings (SSSR count). The van der Waals surface area contributed by atoms with Gasteiger partial charge in [-0.05, 0) is 38.1 Å². The number of carbonyl (C=O) groups is 1. The average molecular weight is 378 g/mol. The summed E-state index contributed by atoms with van der Waals surface area (Å²) in [5, 5.41) is 6.02. The highest BCUT2D eigenvalue weighted by Gasteiger charge is 2.12. The first kappa shape index (κ1) is 19.2. The van der Waals surface area contributed by atoms with Crippen molar-refractivity contribution in [2.45, 2.75) is 13.8 Å². The number of carbonyl (C=O) groups excluding carboxylic acids is 1. The van der Waals surface area contributed by atoms with Gasteiger partial charge in [0.25, 0.3) is 5.91 Å². The molecule has 2 N–H and O–H groups in total. The van der Waals surface area contributed by atoms with Gasteiger partial charge in [-0.2, -0.15) is 0 Å². The number of hydrogen-bond acceptors (Lipinski definition) is 6. The predicted molar refractivity (Wildman–Crippen MR) is 109 cm³/mol. The van der Waals surface area contributed by atoms with Gasteiger partial charge < -0.3 is 20.1 Å². The van der Waals surface area contributed by atoms with E-state index in [1.165, 1.54) is 0 Å². The van der Waals surface area contributed by atoms with Gasteiger partial charge in [0.2, 0.25) is 0 Å². The van der Waals surface area contributed by atoms with Crippen LogP contribution in [0.1, 0.15) is 23.2 Å². The van der Waals surface area contributed by atoms with E-state index in [1.54, 1.807) is 38.3 Å². The summed E-state index contributed by atoms with van der Waals surface area (Å²) in [6.07, 6.45) is 0. The molecule has 1 aromatic heterocycles. The molecule has 0 fully saturated rings. The summed E-state index contributed by atoms with van der Waals surface area (Å²) in [6.45, 7) is 4.21. The zero-order chi connectivity index (χ0) is 19.9. The fourth-order valence-electron chi connectivity index (χ4n) is 2.63. The highest BCUT2D eigenvalue weighted by atomic mass is 16.5. The van der Waals surface area contributed by atoms with E-state index in [4.69, 9.17) is 9.47 Å². The van der Waals surface area contributed by atoms with Crippen molar-refractivity contribution < 1.29 is 14.3 Å². The molecule has 144 valence electrons. The molecule has 0 atom stereocenters. The number of rotatable bonds is 7. The summed E-state index contributed by atoms with van der Waals surface area (Å²) in [4.78, 5) is 21.3. The molecule has 0 spiro atoms. The predicted octanol–water partition coefficient (Wildman–Crippen LogP) is 4.19. The van der Waals surface area contributed by atoms with Crippen LogP contribution in [0.3, 0.4) is 0 Å². The Labute approximate surface area is 163 Å². The fourth-order valence-corrected chi connectivity index (χ4v) is 2.63. The Morgan fingerprint density at radius 2 is 1.89 bits per heavy atom. The van der Waals surface area contributed by atoms with Gasteiger partial charge in [-0.15, -0.1) is 0 Å². The van der Waals surface area contributed by atoms with Crippen molar-refractivity contribution in [1.82, 2.24) is 9.97 Å². The van der Waals surface area contributed by atoms with E-state index in [9.17, 15) is 4.79 Å². The number of nitrogens with zero attached hydrogens (tertiary/aromatic N) is 2. The normalized spacial score (nSPS) is 10.2. The first-order valence-electron chi connectivity index (χ1n) is 8.89. The highest BCUT2D eigenvalue weighted by Crippen LogP contribution is 2.27. The molecular formula is C21H22N4O3. The zero-order valence-corrected chi connectivity index (χ0v) is 16.0. The number of nitrogens with one attached hydrogen (secondary N) is 2. The van der Waals surface area contributed by atoms with Gasteiger partial charge in [-0.1, -0.05) is 18.2 Å². The molecule has 0 aliphatic rings. The number of methoxy groups -OCH3 is 1. The van der Waals surface area contributed by atoms with Crippen LogP contribution >= 0.6 is 0 Å². The topological polar surface area (TPSA) is 85.4 Å². The zero-order valence-electron chi connectivity index (χ0n) is 16.0. The molecule has 0 radical (unpaired) electrons. The van der Waals surface area contributed by atoms with Crippen LogP contribution in [0.15, 0.2) is 54.6 Å². The molecule has 28 heavy (non-hydrogen) atoms. The van der Waals surface area contributed by atoms with Gasteiger partial charge in [-0.25, -0.2) is 9.97 Å². The molecule has 0 unspecified atom stereocenters. The maximum atomic E-state index is 12.6. The van der Waals surface area contributed by atoms with Crippen molar-refractivity contribution in [3.63, 3.8) is 0 Å². The lowest BCUT2D eigenvalue weighted by Crippen LogP contribution is -2.15. The fraction of sp³-hybridized carbons (Fsp3) is 0.190. The van der Waals surface area contributed by atoms with Crippen LogP contribution < -0.4 is 20.1 Å². The Morgan fingerprint density at radius 3 is 2.68 bits per heavy atom. The van der Waals surface area contributed by atoms with Gasteiger partial charge in [0, 0.05) is 17.8 Å². The van der Waals surface area contributed by atoms with Crippen LogP contribution in [0.5, 0.6) is 11.5 Å². The minimum absolute atomic E-state index is 0.256. The summed E-state index contributed by atoms with van der Waals surface area (Å²) in [7, 11) is 1.58. The van der Waals surface area contributed by atoms with E-state index < -0.39 is 0 Å². The maximum absolute atomic E-state index is 12.6. The molecule has 7 heteroatoms. The van der Waals surface area contributed by atoms with E-state index >= 15 is 0 Å². The molecule has 3 aromatic rings. The van der Waals surface area contributed by atoms with Gasteiger partial charge >= 0.3 is 0 Å². The Balaban J connectivity index is 1.82. The van der Waals surface area contributed by atoms with Crippen molar-refractivity contribution in [3.05, 3.63) is 66.1 Å². The molecule has 0 saturated heterocycles. The van der Waals surface area contributed by atoms with Crippen molar-refractivity contribution in [2.24, 2.45) is 0 Å². The lowest BCUT2D eigenvalue weighted by atomic mass is 10.2. The molecule has 1 heterocycles. The van der Waals surface area contributed by atoms with Gasteiger partial charge in [0.15, 0.2) is 0 Å². The second-order valence-electron chi connectivity index (χ2n) is 5.93. The van der Waals surface area contributed by atoms with Gasteiger partial charge in [0.05, 0.1) is 19.4 Å². The quantitative estimate of drug-likeness (QED) is 0.641. The van der Waals surface area contributed by atoms with E-state index in [1.807, 2.05) is 37.3 Å². The third kappa shape index (κ3) is 4.76. The Bertz CT molecular complexity index is 975. The van der Waals surface area contributed by atoms with Crippen LogP contribution in [0, 0.1) is 6.92 Å². The van der Waals surface area contributed by atoms with E-state index in [0.29, 0.717) is 35.4 Å². The van der Waals surface area contributed by atoms with Crippen molar-refractivity contribution >= 4 is 23.1 Å². The van der Waals surface area contributed by atoms with E-state index in [0.717, 1.165) is 5.69 Å². The van der Waals surface area contributed by atoms with Crippen LogP contribution in [0.4, 0.5) is 17.2 Å². The van der Waals surface area contributed by atoms with E-state index in [2.05, 4.69) is 20.6 Å². The van der Waals surface area contributed by atoms with Crippen molar-refractivity contribution in [3.8, 4) is 11.5 Å². The Hall–Kier alpha value is -3.61. The summed E-state index contributed by atoms with van der Waals surface area (Å²) in [5.74, 6) is 2.03. The Kier molecular flexibility index (Phi) is 6.06. The van der Waals surface area contributed by atoms with Crippen molar-refractivity contribution in [1.29, 1.82) is 0 Å². The second-order valence-corrected chi connectivity index (χ2v) is 5.93. The summed E-state index contributed by atoms with van der Waals surface area (Å²) >= 11 is 0. The second kappa shape index (κ2) is 8.85. The number of benzene rings is 2. The number of para-hydroxylation sites is 2. The molecule has 2 aromatic carbocycles. The molecule has 0 aliphatic heterocycles. The molecule has 7 nitrogen and oxygen atoms in total. The van der Waals surface area contributed by atoms with E-state index in [-0.39, 0.29) is 11.6 Å². The standard InChI is InChI=1S/C21H22N4O3/c1-4-28-19-11-6-5-10-17(19)25-20-13-18(22-14(2)23-20)21(26)24-15-8-7-9-16(12-15)27-3/h5-13H,4H2,1-3H3,(H,24,26)(H,22,23,25). The smallest absolute Gasteiger partial charge is 0.274 e. The Morgan fingerprint density at radius 1 is 1.07 bits per heavy atom. The molecular weight excluding hydrogens is 356 g/mol. The van der Waals surface area contributed by atoms with Crippen LogP contribution in [0.25, 0.3) is 0 Å². The maximum Gasteiger partial charge on any atom is 0.274 e. The molecule has 1 amide bonds. The molecule has 0 saturated carbocycles. The number of amides is 1. The summed E-state index contributed by atoms with van der Waals surface area (Å²) < 4.78 is 10.8. The lowest BCUT2D eigenvalue weighted by molar-refractivity contribution is 0.102. The number of ether oxygens (including phenoxy) is 2. The summed E-state index contributed by atoms with van der Waals surface area (Å²) in [6, 6.07) is 16.3. The average Bonchev–Trinajstić information content (AvgIpc) is 2.69. The van der Waals surface area contributed by atoms with Crippen LogP contribution in [-0.4, -0.2) is 29.6 Å². The van der Waals surface area contributed by atoms with Gasteiger partial charge in [-0.3, -0.25) is 4.79 Å². The highest BCUT2D eigenvalue weighted by molar-refractivity contribution is 6.03. The number of aromatic nitrogens is 2. The minimum Gasteiger partial charge on any atom is -0.497 e.